The summed E-state index contributed by atoms with van der Waals surface area (Å²) >= 11 is 0. The Balaban J connectivity index is 4.13. The number of unbranched alkanes of at least 4 members (excludes halogenated alkanes) is 34. The van der Waals surface area contributed by atoms with E-state index in [0.29, 0.717) is 17.4 Å². The zero-order chi connectivity index (χ0) is 68.2. The SMILES string of the molecule is CC/C=C\C/C=C\C/C=C\C/C=C\C/C=C\C/C=C\C/C=C\C/C=C\C/C=C\C/C=C\C/C=C\CCCCCCCCCC(=O)OC(COC(=O)CCCCCCCCCCCCCCCCCCCCCCCCCCCCCC)COC(OCC[N+](C)(C)C)C(=O)[O-]. The summed E-state index contributed by atoms with van der Waals surface area (Å²) in [6, 6.07) is 0. The molecule has 0 aromatic heterocycles. The first-order valence-electron chi connectivity index (χ1n) is 38.8. The van der Waals surface area contributed by atoms with Gasteiger partial charge in [-0.15, -0.1) is 0 Å². The maximum absolute atomic E-state index is 13.0. The lowest BCUT2D eigenvalue weighted by molar-refractivity contribution is -0.870. The Morgan fingerprint density at radius 1 is 0.330 bits per heavy atom. The first-order chi connectivity index (χ1) is 46.1. The number of hydrogen-bond acceptors (Lipinski definition) is 8. The number of carboxylic acid groups (broad SMARTS) is 1. The van der Waals surface area contributed by atoms with Crippen LogP contribution >= 0.6 is 0 Å². The summed E-state index contributed by atoms with van der Waals surface area (Å²) in [5.74, 6) is -2.29. The van der Waals surface area contributed by atoms with E-state index < -0.39 is 24.3 Å². The maximum atomic E-state index is 13.0. The van der Waals surface area contributed by atoms with Crippen LogP contribution in [0.1, 0.15) is 328 Å². The van der Waals surface area contributed by atoms with E-state index in [4.69, 9.17) is 18.9 Å². The molecule has 0 N–H and O–H groups in total. The molecular formula is C85H145NO8. The molecule has 0 spiro atoms. The van der Waals surface area contributed by atoms with Crippen LogP contribution in [0.4, 0.5) is 0 Å². The highest BCUT2D eigenvalue weighted by molar-refractivity contribution is 5.70. The van der Waals surface area contributed by atoms with Gasteiger partial charge in [0.1, 0.15) is 13.2 Å². The summed E-state index contributed by atoms with van der Waals surface area (Å²) in [5, 5.41) is 11.9. The Labute approximate surface area is 580 Å². The Kier molecular flexibility index (Phi) is 70.6. The Bertz CT molecular complexity index is 2010. The number of likely N-dealkylation sites (N-methyl/N-ethyl adjacent to an activating group) is 1. The zero-order valence-electron chi connectivity index (χ0n) is 61.5. The number of carbonyl (C=O) groups is 3. The highest BCUT2D eigenvalue weighted by atomic mass is 16.7. The fraction of sp³-hybridized carbons (Fsp3) is 0.706. The van der Waals surface area contributed by atoms with Crippen LogP contribution in [0.25, 0.3) is 0 Å². The van der Waals surface area contributed by atoms with Crippen LogP contribution in [-0.2, 0) is 33.3 Å². The topological polar surface area (TPSA) is 111 Å². The highest BCUT2D eigenvalue weighted by Crippen LogP contribution is 2.18. The van der Waals surface area contributed by atoms with Crippen molar-refractivity contribution in [3.8, 4) is 0 Å². The van der Waals surface area contributed by atoms with Gasteiger partial charge in [-0.2, -0.15) is 0 Å². The number of carbonyl (C=O) groups excluding carboxylic acids is 3. The van der Waals surface area contributed by atoms with Crippen molar-refractivity contribution in [2.24, 2.45) is 0 Å². The Morgan fingerprint density at radius 2 is 0.606 bits per heavy atom. The van der Waals surface area contributed by atoms with E-state index in [9.17, 15) is 19.5 Å². The standard InChI is InChI=1S/C85H145NO8/c1-6-8-10-12-14-16-18-20-22-24-26-28-30-32-34-36-37-38-39-40-41-42-43-44-45-46-47-48-50-52-54-56-58-60-62-64-66-68-70-72-74-76-83(88)94-81(80-93-85(84(89)90)91-78-77-86(3,4)5)79-92-82(87)75-73-71-69-67-65-63-61-59-57-55-53-51-49-35-33-31-29-27-25-23-21-19-17-15-13-11-9-7-2/h8,10,14,16,20,22,26,28,32,34,37-38,40-41,43-44,46-47,50,52,56,58,81,85H,6-7,9,11-13,15,17-19,21,23-25,27,29-31,33,35-36,39,42,45,48-49,51,53-55,57,59-80H2,1-5H3/b10-8-,16-14-,22-20-,28-26-,34-32-,38-37-,41-40-,44-43-,47-46-,52-50-,58-56-. The molecule has 0 heterocycles. The molecule has 9 nitrogen and oxygen atoms in total. The summed E-state index contributed by atoms with van der Waals surface area (Å²) in [7, 11) is 5.93. The highest BCUT2D eigenvalue weighted by Gasteiger charge is 2.22. The fourth-order valence-electron chi connectivity index (χ4n) is 10.8. The van der Waals surface area contributed by atoms with E-state index in [1.165, 1.54) is 180 Å². The molecule has 0 saturated carbocycles. The van der Waals surface area contributed by atoms with Gasteiger partial charge in [-0.25, -0.2) is 0 Å². The number of ether oxygens (including phenoxy) is 4. The van der Waals surface area contributed by atoms with Gasteiger partial charge in [-0.1, -0.05) is 353 Å². The van der Waals surface area contributed by atoms with Crippen LogP contribution in [0, 0.1) is 0 Å². The van der Waals surface area contributed by atoms with Crippen molar-refractivity contribution in [3.63, 3.8) is 0 Å². The smallest absolute Gasteiger partial charge is 0.306 e. The third-order valence-electron chi connectivity index (χ3n) is 16.7. The average Bonchev–Trinajstić information content (AvgIpc) is 3.42. The first-order valence-corrected chi connectivity index (χ1v) is 38.8. The maximum Gasteiger partial charge on any atom is 0.306 e. The van der Waals surface area contributed by atoms with E-state index in [1.807, 2.05) is 21.1 Å². The molecule has 9 heteroatoms. The quantitative estimate of drug-likeness (QED) is 0.0195. The minimum atomic E-state index is -1.63. The third-order valence-corrected chi connectivity index (χ3v) is 16.7. The fourth-order valence-corrected chi connectivity index (χ4v) is 10.8. The normalized spacial score (nSPS) is 13.4. The number of hydrogen-bond donors (Lipinski definition) is 0. The van der Waals surface area contributed by atoms with Crippen LogP contribution in [0.3, 0.4) is 0 Å². The summed E-state index contributed by atoms with van der Waals surface area (Å²) in [4.78, 5) is 37.6. The second-order valence-electron chi connectivity index (χ2n) is 26.9. The van der Waals surface area contributed by atoms with Gasteiger partial charge in [0.05, 0.1) is 40.3 Å². The molecule has 0 radical (unpaired) electrons. The van der Waals surface area contributed by atoms with Gasteiger partial charge >= 0.3 is 11.9 Å². The van der Waals surface area contributed by atoms with Crippen molar-refractivity contribution >= 4 is 17.9 Å². The van der Waals surface area contributed by atoms with Crippen molar-refractivity contribution in [1.29, 1.82) is 0 Å². The minimum Gasteiger partial charge on any atom is -0.545 e. The molecule has 538 valence electrons. The minimum absolute atomic E-state index is 0.141. The van der Waals surface area contributed by atoms with E-state index in [-0.39, 0.29) is 38.6 Å². The van der Waals surface area contributed by atoms with Crippen molar-refractivity contribution < 1.29 is 42.9 Å². The van der Waals surface area contributed by atoms with E-state index in [2.05, 4.69) is 148 Å². The number of carboxylic acids is 1. The second-order valence-corrected chi connectivity index (χ2v) is 26.9. The molecule has 0 aromatic carbocycles. The number of rotatable bonds is 71. The van der Waals surface area contributed by atoms with E-state index >= 15 is 0 Å². The van der Waals surface area contributed by atoms with Crippen LogP contribution in [0.5, 0.6) is 0 Å². The van der Waals surface area contributed by atoms with Gasteiger partial charge in [0.25, 0.3) is 0 Å². The van der Waals surface area contributed by atoms with E-state index in [0.717, 1.165) is 116 Å². The number of nitrogens with zero attached hydrogens (tertiary/aromatic N) is 1. The van der Waals surface area contributed by atoms with Crippen molar-refractivity contribution in [2.45, 2.75) is 341 Å². The lowest BCUT2D eigenvalue weighted by Gasteiger charge is -2.26. The first kappa shape index (κ1) is 89.4. The molecule has 0 aromatic rings. The number of esters is 2. The molecule has 0 bridgehead atoms. The molecule has 2 atom stereocenters. The molecule has 0 aliphatic rings. The van der Waals surface area contributed by atoms with Gasteiger partial charge in [-0.05, 0) is 96.3 Å². The van der Waals surface area contributed by atoms with Gasteiger partial charge in [0.2, 0.25) is 0 Å². The van der Waals surface area contributed by atoms with Gasteiger partial charge < -0.3 is 33.3 Å². The predicted octanol–water partition coefficient (Wildman–Crippen LogP) is 23.5. The molecule has 0 aliphatic heterocycles. The van der Waals surface area contributed by atoms with Gasteiger partial charge in [0.15, 0.2) is 12.4 Å². The zero-order valence-corrected chi connectivity index (χ0v) is 61.5. The average molecular weight is 1310 g/mol. The number of allylic oxidation sites excluding steroid dienone is 22. The molecular weight excluding hydrogens is 1160 g/mol. The lowest BCUT2D eigenvalue weighted by atomic mass is 10.0. The van der Waals surface area contributed by atoms with Crippen molar-refractivity contribution in [1.82, 2.24) is 0 Å². The number of quaternary nitrogens is 1. The molecule has 2 unspecified atom stereocenters. The summed E-state index contributed by atoms with van der Waals surface area (Å²) in [5.41, 5.74) is 0. The van der Waals surface area contributed by atoms with Gasteiger partial charge in [-0.3, -0.25) is 9.59 Å². The van der Waals surface area contributed by atoms with Crippen LogP contribution in [0.2, 0.25) is 0 Å². The molecule has 0 saturated heterocycles. The van der Waals surface area contributed by atoms with E-state index in [1.54, 1.807) is 0 Å². The number of aliphatic carboxylic acids is 1. The van der Waals surface area contributed by atoms with Crippen molar-refractivity contribution in [3.05, 3.63) is 134 Å². The third kappa shape index (κ3) is 74.8. The predicted molar refractivity (Wildman–Crippen MR) is 403 cm³/mol. The molecule has 0 fully saturated rings. The summed E-state index contributed by atoms with van der Waals surface area (Å²) in [6.45, 7) is 4.65. The second kappa shape index (κ2) is 74.2. The van der Waals surface area contributed by atoms with Crippen LogP contribution in [-0.4, -0.2) is 82.3 Å². The Hall–Kier alpha value is -4.57. The summed E-state index contributed by atoms with van der Waals surface area (Å²) < 4.78 is 22.8. The molecule has 0 rings (SSSR count). The summed E-state index contributed by atoms with van der Waals surface area (Å²) in [6.07, 6.45) is 104. The monoisotopic (exact) mass is 1310 g/mol. The largest absolute Gasteiger partial charge is 0.545 e. The molecule has 0 aliphatic carbocycles. The molecule has 94 heavy (non-hydrogen) atoms. The van der Waals surface area contributed by atoms with Crippen LogP contribution < -0.4 is 5.11 Å². The van der Waals surface area contributed by atoms with Crippen LogP contribution in [0.15, 0.2) is 134 Å². The van der Waals surface area contributed by atoms with Crippen molar-refractivity contribution in [2.75, 3.05) is 47.5 Å². The molecule has 0 amide bonds. The lowest BCUT2D eigenvalue weighted by Crippen LogP contribution is -2.44. The Morgan fingerprint density at radius 3 is 0.904 bits per heavy atom. The van der Waals surface area contributed by atoms with Gasteiger partial charge in [0, 0.05) is 12.8 Å².